The van der Waals surface area contributed by atoms with Crippen molar-refractivity contribution in [1.82, 2.24) is 0 Å². The number of carbonyl (C=O) groups is 1. The summed E-state index contributed by atoms with van der Waals surface area (Å²) in [5.41, 5.74) is 2.27. The molecule has 3 heteroatoms. The van der Waals surface area contributed by atoms with Crippen LogP contribution in [0.5, 0.6) is 0 Å². The summed E-state index contributed by atoms with van der Waals surface area (Å²) >= 11 is 3.37. The van der Waals surface area contributed by atoms with Crippen LogP contribution >= 0.6 is 15.9 Å². The molecule has 0 heterocycles. The molecule has 0 fully saturated rings. The molecule has 0 aliphatic carbocycles. The Balaban J connectivity index is 2.43. The van der Waals surface area contributed by atoms with Gasteiger partial charge in [0.05, 0.1) is 6.07 Å². The number of hydrogen-bond acceptors (Lipinski definition) is 2. The van der Waals surface area contributed by atoms with Gasteiger partial charge in [0.1, 0.15) is 5.92 Å². The maximum absolute atomic E-state index is 12.5. The Morgan fingerprint density at radius 2 is 1.89 bits per heavy atom. The zero-order chi connectivity index (χ0) is 13.8. The van der Waals surface area contributed by atoms with E-state index in [1.54, 1.807) is 18.2 Å². The fourth-order valence-corrected chi connectivity index (χ4v) is 2.36. The summed E-state index contributed by atoms with van der Waals surface area (Å²) in [7, 11) is 0. The van der Waals surface area contributed by atoms with Crippen molar-refractivity contribution in [2.45, 2.75) is 12.8 Å². The van der Waals surface area contributed by atoms with E-state index in [2.05, 4.69) is 22.0 Å². The normalized spacial score (nSPS) is 11.6. The molecule has 2 aromatic carbocycles. The van der Waals surface area contributed by atoms with E-state index in [0.717, 1.165) is 15.6 Å². The number of nitrogens with zero attached hydrogens (tertiary/aromatic N) is 1. The molecule has 1 atom stereocenters. The fraction of sp³-hybridized carbons (Fsp3) is 0.125. The van der Waals surface area contributed by atoms with Gasteiger partial charge in [0, 0.05) is 10.0 Å². The zero-order valence-corrected chi connectivity index (χ0v) is 12.0. The SMILES string of the molecule is Cc1ccc(Br)c(C(=O)C(C#N)c2ccccc2)c1. The molecule has 0 aromatic heterocycles. The van der Waals surface area contributed by atoms with E-state index in [0.29, 0.717) is 5.56 Å². The van der Waals surface area contributed by atoms with E-state index < -0.39 is 5.92 Å². The van der Waals surface area contributed by atoms with Crippen molar-refractivity contribution in [2.24, 2.45) is 0 Å². The topological polar surface area (TPSA) is 40.9 Å². The lowest BCUT2D eigenvalue weighted by Crippen LogP contribution is -2.12. The van der Waals surface area contributed by atoms with Crippen LogP contribution in [0.1, 0.15) is 27.4 Å². The van der Waals surface area contributed by atoms with Crippen LogP contribution in [0.2, 0.25) is 0 Å². The lowest BCUT2D eigenvalue weighted by atomic mass is 9.91. The van der Waals surface area contributed by atoms with Crippen LogP contribution in [0, 0.1) is 18.3 Å². The number of aryl methyl sites for hydroxylation is 1. The summed E-state index contributed by atoms with van der Waals surface area (Å²) in [6.07, 6.45) is 0. The molecule has 0 saturated carbocycles. The summed E-state index contributed by atoms with van der Waals surface area (Å²) in [6.45, 7) is 1.92. The summed E-state index contributed by atoms with van der Waals surface area (Å²) in [5, 5.41) is 9.29. The largest absolute Gasteiger partial charge is 0.292 e. The van der Waals surface area contributed by atoms with Crippen LogP contribution in [0.4, 0.5) is 0 Å². The number of Topliss-reactive ketones (excluding diaryl/α,β-unsaturated/α-hetero) is 1. The molecule has 0 aliphatic rings. The minimum atomic E-state index is -0.765. The van der Waals surface area contributed by atoms with Gasteiger partial charge in [-0.1, -0.05) is 57.9 Å². The summed E-state index contributed by atoms with van der Waals surface area (Å²) < 4.78 is 0.722. The Labute approximate surface area is 120 Å². The van der Waals surface area contributed by atoms with Gasteiger partial charge in [-0.15, -0.1) is 0 Å². The van der Waals surface area contributed by atoms with E-state index in [1.807, 2.05) is 37.3 Å². The predicted molar refractivity (Wildman–Crippen MR) is 78.0 cm³/mol. The van der Waals surface area contributed by atoms with Gasteiger partial charge in [-0.2, -0.15) is 5.26 Å². The molecule has 0 saturated heterocycles. The minimum Gasteiger partial charge on any atom is -0.292 e. The van der Waals surface area contributed by atoms with Crippen LogP contribution in [0.15, 0.2) is 53.0 Å². The first-order chi connectivity index (χ1) is 9.13. The minimum absolute atomic E-state index is 0.177. The van der Waals surface area contributed by atoms with Gasteiger partial charge in [0.15, 0.2) is 5.78 Å². The molecule has 1 unspecified atom stereocenters. The van der Waals surface area contributed by atoms with E-state index >= 15 is 0 Å². The summed E-state index contributed by atoms with van der Waals surface area (Å²) in [4.78, 5) is 12.5. The number of nitriles is 1. The summed E-state index contributed by atoms with van der Waals surface area (Å²) in [5.74, 6) is -0.941. The highest BCUT2D eigenvalue weighted by Crippen LogP contribution is 2.26. The second-order valence-corrected chi connectivity index (χ2v) is 5.17. The number of benzene rings is 2. The number of rotatable bonds is 3. The maximum Gasteiger partial charge on any atom is 0.185 e. The van der Waals surface area contributed by atoms with Crippen molar-refractivity contribution in [1.29, 1.82) is 5.26 Å². The average Bonchev–Trinajstić information content (AvgIpc) is 2.43. The molecular weight excluding hydrogens is 302 g/mol. The third-order valence-corrected chi connectivity index (χ3v) is 3.60. The molecule has 2 rings (SSSR count). The van der Waals surface area contributed by atoms with Gasteiger partial charge in [-0.25, -0.2) is 0 Å². The lowest BCUT2D eigenvalue weighted by molar-refractivity contribution is 0.0978. The molecule has 0 N–H and O–H groups in total. The smallest absolute Gasteiger partial charge is 0.185 e. The molecule has 0 bridgehead atoms. The molecule has 0 amide bonds. The first-order valence-corrected chi connectivity index (χ1v) is 6.67. The molecule has 0 radical (unpaired) electrons. The van der Waals surface area contributed by atoms with Crippen molar-refractivity contribution in [3.63, 3.8) is 0 Å². The van der Waals surface area contributed by atoms with Gasteiger partial charge >= 0.3 is 0 Å². The highest BCUT2D eigenvalue weighted by molar-refractivity contribution is 9.10. The highest BCUT2D eigenvalue weighted by atomic mass is 79.9. The Bertz CT molecular complexity index is 644. The third kappa shape index (κ3) is 2.91. The Hall–Kier alpha value is -1.92. The van der Waals surface area contributed by atoms with Gasteiger partial charge < -0.3 is 0 Å². The van der Waals surface area contributed by atoms with Crippen molar-refractivity contribution in [3.8, 4) is 6.07 Å². The average molecular weight is 314 g/mol. The fourth-order valence-electron chi connectivity index (χ4n) is 1.91. The van der Waals surface area contributed by atoms with Crippen LogP contribution in [0.25, 0.3) is 0 Å². The second kappa shape index (κ2) is 5.81. The standard InChI is InChI=1S/C16H12BrNO/c1-11-7-8-15(17)13(9-11)16(19)14(10-18)12-5-3-2-4-6-12/h2-9,14H,1H3. The van der Waals surface area contributed by atoms with Crippen molar-refractivity contribution in [2.75, 3.05) is 0 Å². The van der Waals surface area contributed by atoms with Crippen molar-refractivity contribution >= 4 is 21.7 Å². The maximum atomic E-state index is 12.5. The number of carbonyl (C=O) groups excluding carboxylic acids is 1. The van der Waals surface area contributed by atoms with E-state index in [-0.39, 0.29) is 5.78 Å². The molecule has 2 nitrogen and oxygen atoms in total. The number of halogens is 1. The Morgan fingerprint density at radius 3 is 2.53 bits per heavy atom. The van der Waals surface area contributed by atoms with E-state index in [1.165, 1.54) is 0 Å². The van der Waals surface area contributed by atoms with Gasteiger partial charge in [-0.05, 0) is 24.6 Å². The molecule has 0 spiro atoms. The van der Waals surface area contributed by atoms with Crippen LogP contribution in [-0.4, -0.2) is 5.78 Å². The molecule has 0 aliphatic heterocycles. The number of ketones is 1. The van der Waals surface area contributed by atoms with E-state index in [4.69, 9.17) is 0 Å². The first-order valence-electron chi connectivity index (χ1n) is 5.88. The van der Waals surface area contributed by atoms with E-state index in [9.17, 15) is 10.1 Å². The predicted octanol–water partition coefficient (Wildman–Crippen LogP) is 4.25. The van der Waals surface area contributed by atoms with Gasteiger partial charge in [0.25, 0.3) is 0 Å². The Kier molecular flexibility index (Phi) is 4.13. The molecular formula is C16H12BrNO. The van der Waals surface area contributed by atoms with Crippen LogP contribution in [-0.2, 0) is 0 Å². The van der Waals surface area contributed by atoms with Crippen molar-refractivity contribution < 1.29 is 4.79 Å². The molecule has 2 aromatic rings. The second-order valence-electron chi connectivity index (χ2n) is 4.32. The zero-order valence-electron chi connectivity index (χ0n) is 10.4. The summed E-state index contributed by atoms with van der Waals surface area (Å²) in [6, 6.07) is 16.8. The first kappa shape index (κ1) is 13.5. The number of hydrogen-bond donors (Lipinski definition) is 0. The van der Waals surface area contributed by atoms with Gasteiger partial charge in [0.2, 0.25) is 0 Å². The Morgan fingerprint density at radius 1 is 1.21 bits per heavy atom. The van der Waals surface area contributed by atoms with Crippen molar-refractivity contribution in [3.05, 3.63) is 69.7 Å². The lowest BCUT2D eigenvalue weighted by Gasteiger charge is -2.10. The monoisotopic (exact) mass is 313 g/mol. The quantitative estimate of drug-likeness (QED) is 0.795. The van der Waals surface area contributed by atoms with Gasteiger partial charge in [-0.3, -0.25) is 4.79 Å². The molecule has 94 valence electrons. The third-order valence-electron chi connectivity index (χ3n) is 2.91. The molecule has 19 heavy (non-hydrogen) atoms. The highest BCUT2D eigenvalue weighted by Gasteiger charge is 2.23. The van der Waals surface area contributed by atoms with Crippen LogP contribution < -0.4 is 0 Å². The van der Waals surface area contributed by atoms with Crippen LogP contribution in [0.3, 0.4) is 0 Å².